The van der Waals surface area contributed by atoms with E-state index in [9.17, 15) is 4.79 Å². The van der Waals surface area contributed by atoms with Gasteiger partial charge in [-0.3, -0.25) is 4.79 Å². The van der Waals surface area contributed by atoms with Crippen LogP contribution >= 0.6 is 0 Å². The van der Waals surface area contributed by atoms with Crippen LogP contribution in [0.3, 0.4) is 0 Å². The molecule has 1 N–H and O–H groups in total. The molecule has 1 fully saturated rings. The number of nitrogens with one attached hydrogen (secondary N) is 1. The van der Waals surface area contributed by atoms with Gasteiger partial charge in [0.25, 0.3) is 0 Å². The van der Waals surface area contributed by atoms with Gasteiger partial charge in [0.1, 0.15) is 12.7 Å². The maximum Gasteiger partial charge on any atom is 0.223 e. The van der Waals surface area contributed by atoms with E-state index in [4.69, 9.17) is 0 Å². The molecule has 0 radical (unpaired) electrons. The van der Waals surface area contributed by atoms with E-state index in [1.165, 1.54) is 6.33 Å². The number of aromatic nitrogens is 3. The molecule has 1 aromatic carbocycles. The zero-order valence-electron chi connectivity index (χ0n) is 11.7. The SMILES string of the molecule is C[C@H](NC(=O)[C@H]1C[C@@H]1C)c1ccc(-n2cncn2)cc1. The van der Waals surface area contributed by atoms with Crippen molar-refractivity contribution in [1.29, 1.82) is 0 Å². The van der Waals surface area contributed by atoms with Crippen molar-refractivity contribution in [3.63, 3.8) is 0 Å². The lowest BCUT2D eigenvalue weighted by Crippen LogP contribution is -2.28. The van der Waals surface area contributed by atoms with E-state index in [2.05, 4.69) is 22.3 Å². The van der Waals surface area contributed by atoms with Gasteiger partial charge in [-0.1, -0.05) is 19.1 Å². The summed E-state index contributed by atoms with van der Waals surface area (Å²) in [6.07, 6.45) is 4.19. The summed E-state index contributed by atoms with van der Waals surface area (Å²) in [7, 11) is 0. The Kier molecular flexibility index (Phi) is 3.26. The lowest BCUT2D eigenvalue weighted by molar-refractivity contribution is -0.123. The Morgan fingerprint density at radius 3 is 2.65 bits per heavy atom. The summed E-state index contributed by atoms with van der Waals surface area (Å²) in [5, 5.41) is 7.15. The number of carbonyl (C=O) groups excluding carboxylic acids is 1. The molecule has 1 saturated carbocycles. The van der Waals surface area contributed by atoms with E-state index in [-0.39, 0.29) is 17.9 Å². The number of amides is 1. The normalized spacial score (nSPS) is 22.3. The van der Waals surface area contributed by atoms with Crippen molar-refractivity contribution in [2.45, 2.75) is 26.3 Å². The minimum Gasteiger partial charge on any atom is -0.349 e. The Morgan fingerprint density at radius 2 is 2.10 bits per heavy atom. The van der Waals surface area contributed by atoms with Gasteiger partial charge in [0.05, 0.1) is 11.7 Å². The predicted octanol–water partition coefficient (Wildman–Crippen LogP) is 2.10. The van der Waals surface area contributed by atoms with Gasteiger partial charge in [0, 0.05) is 5.92 Å². The van der Waals surface area contributed by atoms with Gasteiger partial charge in [0.2, 0.25) is 5.91 Å². The number of benzene rings is 1. The standard InChI is InChI=1S/C15H18N4O/c1-10-7-14(10)15(20)18-11(2)12-3-5-13(6-4-12)19-9-16-8-17-19/h3-6,8-11,14H,7H2,1-2H3,(H,18,20)/t10-,11-,14-/m0/s1. The Balaban J connectivity index is 1.66. The van der Waals surface area contributed by atoms with Gasteiger partial charge in [-0.15, -0.1) is 0 Å². The fraction of sp³-hybridized carbons (Fsp3) is 0.400. The summed E-state index contributed by atoms with van der Waals surface area (Å²) in [6.45, 7) is 4.12. The van der Waals surface area contributed by atoms with Crippen LogP contribution in [0, 0.1) is 11.8 Å². The summed E-state index contributed by atoms with van der Waals surface area (Å²) >= 11 is 0. The lowest BCUT2D eigenvalue weighted by Gasteiger charge is -2.14. The van der Waals surface area contributed by atoms with Crippen molar-refractivity contribution in [2.24, 2.45) is 11.8 Å². The fourth-order valence-electron chi connectivity index (χ4n) is 2.35. The van der Waals surface area contributed by atoms with E-state index in [1.807, 2.05) is 31.2 Å². The highest BCUT2D eigenvalue weighted by molar-refractivity contribution is 5.81. The molecule has 20 heavy (non-hydrogen) atoms. The molecule has 1 heterocycles. The molecule has 1 aromatic heterocycles. The number of carbonyl (C=O) groups is 1. The van der Waals surface area contributed by atoms with Gasteiger partial charge in [-0.2, -0.15) is 5.10 Å². The van der Waals surface area contributed by atoms with Crippen LogP contribution in [0.2, 0.25) is 0 Å². The maximum absolute atomic E-state index is 11.9. The number of hydrogen-bond acceptors (Lipinski definition) is 3. The van der Waals surface area contributed by atoms with E-state index in [1.54, 1.807) is 11.0 Å². The molecule has 0 bridgehead atoms. The quantitative estimate of drug-likeness (QED) is 0.925. The first kappa shape index (κ1) is 12.8. The second-order valence-electron chi connectivity index (χ2n) is 5.48. The predicted molar refractivity (Wildman–Crippen MR) is 75.2 cm³/mol. The average Bonchev–Trinajstić information content (AvgIpc) is 2.97. The van der Waals surface area contributed by atoms with Crippen LogP contribution < -0.4 is 5.32 Å². The molecular formula is C15H18N4O. The molecule has 0 saturated heterocycles. The van der Waals surface area contributed by atoms with Crippen molar-refractivity contribution >= 4 is 5.91 Å². The summed E-state index contributed by atoms with van der Waals surface area (Å²) in [4.78, 5) is 15.8. The minimum absolute atomic E-state index is 0.0279. The molecule has 5 heteroatoms. The molecule has 3 atom stereocenters. The van der Waals surface area contributed by atoms with Crippen LogP contribution in [0.1, 0.15) is 31.9 Å². The Hall–Kier alpha value is -2.17. The molecule has 5 nitrogen and oxygen atoms in total. The van der Waals surface area contributed by atoms with Crippen LogP contribution in [-0.4, -0.2) is 20.7 Å². The van der Waals surface area contributed by atoms with Crippen LogP contribution in [-0.2, 0) is 4.79 Å². The highest BCUT2D eigenvalue weighted by atomic mass is 16.2. The number of hydrogen-bond donors (Lipinski definition) is 1. The van der Waals surface area contributed by atoms with Crippen LogP contribution in [0.5, 0.6) is 0 Å². The summed E-state index contributed by atoms with van der Waals surface area (Å²) in [6, 6.07) is 8.01. The molecule has 3 rings (SSSR count). The Morgan fingerprint density at radius 1 is 1.40 bits per heavy atom. The van der Waals surface area contributed by atoms with Gasteiger partial charge < -0.3 is 5.32 Å². The molecule has 1 aliphatic rings. The van der Waals surface area contributed by atoms with Gasteiger partial charge in [0.15, 0.2) is 0 Å². The van der Waals surface area contributed by atoms with E-state index in [0.29, 0.717) is 5.92 Å². The molecular weight excluding hydrogens is 252 g/mol. The monoisotopic (exact) mass is 270 g/mol. The zero-order valence-corrected chi connectivity index (χ0v) is 11.7. The number of rotatable bonds is 4. The average molecular weight is 270 g/mol. The van der Waals surface area contributed by atoms with Crippen molar-refractivity contribution in [2.75, 3.05) is 0 Å². The van der Waals surface area contributed by atoms with Gasteiger partial charge in [-0.25, -0.2) is 9.67 Å². The lowest BCUT2D eigenvalue weighted by atomic mass is 10.1. The van der Waals surface area contributed by atoms with Crippen LogP contribution in [0.4, 0.5) is 0 Å². The third-order valence-corrected chi connectivity index (χ3v) is 3.88. The van der Waals surface area contributed by atoms with Crippen LogP contribution in [0.25, 0.3) is 5.69 Å². The molecule has 2 aromatic rings. The van der Waals surface area contributed by atoms with Gasteiger partial charge in [-0.05, 0) is 37.0 Å². The molecule has 0 unspecified atom stereocenters. The van der Waals surface area contributed by atoms with E-state index < -0.39 is 0 Å². The molecule has 1 aliphatic carbocycles. The Bertz CT molecular complexity index is 591. The second-order valence-corrected chi connectivity index (χ2v) is 5.48. The van der Waals surface area contributed by atoms with Crippen molar-refractivity contribution in [3.8, 4) is 5.69 Å². The number of nitrogens with zero attached hydrogens (tertiary/aromatic N) is 3. The van der Waals surface area contributed by atoms with E-state index >= 15 is 0 Å². The van der Waals surface area contributed by atoms with Gasteiger partial charge >= 0.3 is 0 Å². The summed E-state index contributed by atoms with van der Waals surface area (Å²) in [5.74, 6) is 0.925. The first-order valence-electron chi connectivity index (χ1n) is 6.90. The maximum atomic E-state index is 11.9. The van der Waals surface area contributed by atoms with E-state index in [0.717, 1.165) is 17.7 Å². The molecule has 1 amide bonds. The summed E-state index contributed by atoms with van der Waals surface area (Å²) in [5.41, 5.74) is 2.05. The van der Waals surface area contributed by atoms with Crippen LogP contribution in [0.15, 0.2) is 36.9 Å². The third kappa shape index (κ3) is 2.57. The highest BCUT2D eigenvalue weighted by Crippen LogP contribution is 2.38. The third-order valence-electron chi connectivity index (χ3n) is 3.88. The minimum atomic E-state index is 0.0279. The zero-order chi connectivity index (χ0) is 14.1. The molecule has 0 aliphatic heterocycles. The summed E-state index contributed by atoms with van der Waals surface area (Å²) < 4.78 is 1.71. The van der Waals surface area contributed by atoms with Crippen molar-refractivity contribution in [3.05, 3.63) is 42.5 Å². The highest BCUT2D eigenvalue weighted by Gasteiger charge is 2.39. The fourth-order valence-corrected chi connectivity index (χ4v) is 2.35. The molecule has 104 valence electrons. The van der Waals surface area contributed by atoms with Crippen molar-refractivity contribution < 1.29 is 4.79 Å². The van der Waals surface area contributed by atoms with Crippen molar-refractivity contribution in [1.82, 2.24) is 20.1 Å². The largest absolute Gasteiger partial charge is 0.349 e. The molecule has 0 spiro atoms. The smallest absolute Gasteiger partial charge is 0.223 e. The second kappa shape index (κ2) is 5.07. The Labute approximate surface area is 118 Å². The first-order valence-corrected chi connectivity index (χ1v) is 6.90. The topological polar surface area (TPSA) is 59.8 Å². The first-order chi connectivity index (χ1) is 9.65.